The molecule has 0 heterocycles. The van der Waals surface area contributed by atoms with E-state index in [2.05, 4.69) is 30.8 Å². The van der Waals surface area contributed by atoms with Gasteiger partial charge < -0.3 is 5.32 Å². The molecule has 1 atom stereocenters. The van der Waals surface area contributed by atoms with Crippen molar-refractivity contribution < 1.29 is 8.42 Å². The highest BCUT2D eigenvalue weighted by molar-refractivity contribution is 7.89. The Morgan fingerprint density at radius 1 is 1.24 bits per heavy atom. The molecule has 1 saturated carbocycles. The average molecular weight is 310 g/mol. The van der Waals surface area contributed by atoms with E-state index in [1.807, 2.05) is 12.1 Å². The zero-order chi connectivity index (χ0) is 15.5. The fourth-order valence-electron chi connectivity index (χ4n) is 2.67. The third-order valence-electron chi connectivity index (χ3n) is 4.45. The van der Waals surface area contributed by atoms with Crippen molar-refractivity contribution in [3.05, 3.63) is 29.8 Å². The van der Waals surface area contributed by atoms with Crippen LogP contribution in [0.5, 0.6) is 0 Å². The lowest BCUT2D eigenvalue weighted by Gasteiger charge is -2.38. The van der Waals surface area contributed by atoms with Crippen molar-refractivity contribution in [1.82, 2.24) is 10.0 Å². The van der Waals surface area contributed by atoms with E-state index >= 15 is 0 Å². The maximum atomic E-state index is 12.3. The summed E-state index contributed by atoms with van der Waals surface area (Å²) in [6.07, 6.45) is 3.42. The molecule has 1 fully saturated rings. The first kappa shape index (κ1) is 16.5. The monoisotopic (exact) mass is 310 g/mol. The molecule has 0 spiro atoms. The Morgan fingerprint density at radius 2 is 1.86 bits per heavy atom. The molecule has 1 unspecified atom stereocenters. The summed E-state index contributed by atoms with van der Waals surface area (Å²) in [7, 11) is -3.39. The lowest BCUT2D eigenvalue weighted by atomic mass is 9.71. The first-order chi connectivity index (χ1) is 9.86. The fourth-order valence-corrected chi connectivity index (χ4v) is 3.87. The molecule has 0 bridgehead atoms. The van der Waals surface area contributed by atoms with Crippen molar-refractivity contribution in [2.75, 3.05) is 13.1 Å². The van der Waals surface area contributed by atoms with Gasteiger partial charge in [0.05, 0.1) is 4.90 Å². The summed E-state index contributed by atoms with van der Waals surface area (Å²) in [4.78, 5) is 0.345. The first-order valence-electron chi connectivity index (χ1n) is 7.69. The van der Waals surface area contributed by atoms with E-state index in [0.29, 0.717) is 11.4 Å². The van der Waals surface area contributed by atoms with Crippen LogP contribution >= 0.6 is 0 Å². The maximum Gasteiger partial charge on any atom is 0.240 e. The van der Waals surface area contributed by atoms with Crippen LogP contribution in [0.2, 0.25) is 0 Å². The Labute approximate surface area is 128 Å². The maximum absolute atomic E-state index is 12.3. The van der Waals surface area contributed by atoms with Crippen LogP contribution in [0, 0.1) is 5.41 Å². The van der Waals surface area contributed by atoms with E-state index in [1.54, 1.807) is 12.1 Å². The number of hydrogen-bond donors (Lipinski definition) is 2. The molecule has 0 saturated heterocycles. The Morgan fingerprint density at radius 3 is 2.33 bits per heavy atom. The van der Waals surface area contributed by atoms with E-state index in [0.717, 1.165) is 24.9 Å². The first-order valence-corrected chi connectivity index (χ1v) is 9.18. The van der Waals surface area contributed by atoms with E-state index < -0.39 is 10.0 Å². The van der Waals surface area contributed by atoms with Crippen molar-refractivity contribution in [3.63, 3.8) is 0 Å². The van der Waals surface area contributed by atoms with E-state index in [4.69, 9.17) is 0 Å². The highest BCUT2D eigenvalue weighted by atomic mass is 32.2. The molecule has 118 valence electrons. The van der Waals surface area contributed by atoms with Crippen LogP contribution in [-0.2, 0) is 10.0 Å². The summed E-state index contributed by atoms with van der Waals surface area (Å²) >= 11 is 0. The van der Waals surface area contributed by atoms with Crippen LogP contribution < -0.4 is 10.0 Å². The second-order valence-corrected chi connectivity index (χ2v) is 8.10. The van der Waals surface area contributed by atoms with Crippen LogP contribution in [0.4, 0.5) is 0 Å². The number of hydrogen-bond acceptors (Lipinski definition) is 3. The largest absolute Gasteiger partial charge is 0.310 e. The minimum absolute atomic E-state index is 0.145. The second-order valence-electron chi connectivity index (χ2n) is 6.34. The highest BCUT2D eigenvalue weighted by Gasteiger charge is 2.33. The van der Waals surface area contributed by atoms with Gasteiger partial charge in [0.1, 0.15) is 0 Å². The molecule has 4 nitrogen and oxygen atoms in total. The van der Waals surface area contributed by atoms with E-state index in [1.165, 1.54) is 6.42 Å². The molecule has 1 aromatic rings. The molecular formula is C16H26N2O2S. The van der Waals surface area contributed by atoms with Gasteiger partial charge in [-0.05, 0) is 49.4 Å². The minimum atomic E-state index is -3.39. The SMILES string of the molecule is CCNC(C)c1ccc(S(=O)(=O)NCC2(C)CCC2)cc1. The molecule has 0 aromatic heterocycles. The van der Waals surface area contributed by atoms with Gasteiger partial charge in [-0.1, -0.05) is 32.4 Å². The summed E-state index contributed by atoms with van der Waals surface area (Å²) in [5, 5.41) is 3.32. The smallest absolute Gasteiger partial charge is 0.240 e. The summed E-state index contributed by atoms with van der Waals surface area (Å²) in [5.41, 5.74) is 1.24. The predicted octanol–water partition coefficient (Wildman–Crippen LogP) is 2.83. The van der Waals surface area contributed by atoms with E-state index in [9.17, 15) is 8.42 Å². The van der Waals surface area contributed by atoms with Gasteiger partial charge in [-0.15, -0.1) is 0 Å². The van der Waals surface area contributed by atoms with Gasteiger partial charge in [0, 0.05) is 12.6 Å². The molecule has 0 amide bonds. The quantitative estimate of drug-likeness (QED) is 0.814. The molecule has 5 heteroatoms. The van der Waals surface area contributed by atoms with Gasteiger partial charge >= 0.3 is 0 Å². The highest BCUT2D eigenvalue weighted by Crippen LogP contribution is 2.39. The predicted molar refractivity (Wildman–Crippen MR) is 85.7 cm³/mol. The molecular weight excluding hydrogens is 284 g/mol. The summed E-state index contributed by atoms with van der Waals surface area (Å²) in [5.74, 6) is 0. The standard InChI is InChI=1S/C16H26N2O2S/c1-4-17-13(2)14-6-8-15(9-7-14)21(19,20)18-12-16(3)10-5-11-16/h6-9,13,17-18H,4-5,10-12H2,1-3H3. The number of sulfonamides is 1. The van der Waals surface area contributed by atoms with Crippen LogP contribution in [-0.4, -0.2) is 21.5 Å². The van der Waals surface area contributed by atoms with Crippen molar-refractivity contribution in [1.29, 1.82) is 0 Å². The van der Waals surface area contributed by atoms with Gasteiger partial charge in [0.25, 0.3) is 0 Å². The van der Waals surface area contributed by atoms with E-state index in [-0.39, 0.29) is 11.5 Å². The molecule has 1 aliphatic carbocycles. The number of nitrogens with one attached hydrogen (secondary N) is 2. The lowest BCUT2D eigenvalue weighted by Crippen LogP contribution is -2.39. The lowest BCUT2D eigenvalue weighted by molar-refractivity contribution is 0.166. The number of benzene rings is 1. The molecule has 2 rings (SSSR count). The molecule has 1 aliphatic rings. The molecule has 1 aromatic carbocycles. The van der Waals surface area contributed by atoms with Gasteiger partial charge in [-0.25, -0.2) is 13.1 Å². The Kier molecular flexibility index (Phi) is 5.07. The third kappa shape index (κ3) is 4.05. The van der Waals surface area contributed by atoms with Gasteiger partial charge in [0.2, 0.25) is 10.0 Å². The molecule has 0 aliphatic heterocycles. The zero-order valence-electron chi connectivity index (χ0n) is 13.1. The van der Waals surface area contributed by atoms with Gasteiger partial charge in [-0.2, -0.15) is 0 Å². The second kappa shape index (κ2) is 6.46. The molecule has 0 radical (unpaired) electrons. The average Bonchev–Trinajstić information content (AvgIpc) is 2.43. The Hall–Kier alpha value is -0.910. The molecule has 21 heavy (non-hydrogen) atoms. The van der Waals surface area contributed by atoms with Crippen LogP contribution in [0.25, 0.3) is 0 Å². The van der Waals surface area contributed by atoms with Gasteiger partial charge in [-0.3, -0.25) is 0 Å². The van der Waals surface area contributed by atoms with Crippen LogP contribution in [0.3, 0.4) is 0 Å². The summed E-state index contributed by atoms with van der Waals surface area (Å²) < 4.78 is 27.3. The normalized spacial score (nSPS) is 19.0. The Balaban J connectivity index is 2.02. The van der Waals surface area contributed by atoms with Crippen LogP contribution in [0.1, 0.15) is 51.6 Å². The Bertz CT molecular complexity index is 562. The summed E-state index contributed by atoms with van der Waals surface area (Å²) in [6, 6.07) is 7.37. The minimum Gasteiger partial charge on any atom is -0.310 e. The zero-order valence-corrected chi connectivity index (χ0v) is 14.0. The van der Waals surface area contributed by atoms with Crippen LogP contribution in [0.15, 0.2) is 29.2 Å². The summed E-state index contributed by atoms with van der Waals surface area (Å²) in [6.45, 7) is 7.69. The van der Waals surface area contributed by atoms with Crippen molar-refractivity contribution in [3.8, 4) is 0 Å². The van der Waals surface area contributed by atoms with Crippen molar-refractivity contribution in [2.45, 2.75) is 51.0 Å². The van der Waals surface area contributed by atoms with Crippen molar-refractivity contribution in [2.24, 2.45) is 5.41 Å². The van der Waals surface area contributed by atoms with Crippen molar-refractivity contribution >= 4 is 10.0 Å². The fraction of sp³-hybridized carbons (Fsp3) is 0.625. The molecule has 2 N–H and O–H groups in total. The number of rotatable bonds is 7. The third-order valence-corrected chi connectivity index (χ3v) is 5.87. The van der Waals surface area contributed by atoms with Gasteiger partial charge in [0.15, 0.2) is 0 Å². The topological polar surface area (TPSA) is 58.2 Å².